The first-order valence-corrected chi connectivity index (χ1v) is 3.55. The first-order chi connectivity index (χ1) is 5.49. The molecule has 0 heterocycles. The van der Waals surface area contributed by atoms with Gasteiger partial charge in [-0.25, -0.2) is 0 Å². The second-order valence-electron chi connectivity index (χ2n) is 2.47. The summed E-state index contributed by atoms with van der Waals surface area (Å²) in [5.41, 5.74) is 0. The van der Waals surface area contributed by atoms with Gasteiger partial charge in [-0.15, -0.1) is 0 Å². The third-order valence-corrected chi connectivity index (χ3v) is 1.43. The summed E-state index contributed by atoms with van der Waals surface area (Å²) in [6.45, 7) is 3.01. The topological polar surface area (TPSA) is 75.6 Å². The standard InChI is InChI=1S/C7H13NO4/c1-4(6(9)10)8-5(2)7(11)12-3/h4-5,8H,1-3H3,(H,9,10). The van der Waals surface area contributed by atoms with E-state index in [2.05, 4.69) is 10.1 Å². The van der Waals surface area contributed by atoms with E-state index in [0.29, 0.717) is 0 Å². The van der Waals surface area contributed by atoms with Gasteiger partial charge in [0.25, 0.3) is 0 Å². The Bertz CT molecular complexity index is 180. The molecule has 2 unspecified atom stereocenters. The fourth-order valence-corrected chi connectivity index (χ4v) is 0.691. The van der Waals surface area contributed by atoms with E-state index in [0.717, 1.165) is 0 Å². The van der Waals surface area contributed by atoms with E-state index in [1.165, 1.54) is 14.0 Å². The van der Waals surface area contributed by atoms with Crippen LogP contribution < -0.4 is 5.32 Å². The minimum absolute atomic E-state index is 0.469. The molecule has 2 N–H and O–H groups in total. The number of nitrogens with one attached hydrogen (secondary N) is 1. The number of ether oxygens (including phenoxy) is 1. The molecule has 70 valence electrons. The lowest BCUT2D eigenvalue weighted by Gasteiger charge is -2.14. The number of hydrogen-bond donors (Lipinski definition) is 2. The first-order valence-electron chi connectivity index (χ1n) is 3.55. The monoisotopic (exact) mass is 175 g/mol. The van der Waals surface area contributed by atoms with Crippen molar-refractivity contribution in [3.05, 3.63) is 0 Å². The molecule has 12 heavy (non-hydrogen) atoms. The number of esters is 1. The summed E-state index contributed by atoms with van der Waals surface area (Å²) >= 11 is 0. The van der Waals surface area contributed by atoms with Crippen LogP contribution in [0.25, 0.3) is 0 Å². The molecule has 0 rings (SSSR count). The summed E-state index contributed by atoms with van der Waals surface area (Å²) in [6.07, 6.45) is 0. The lowest BCUT2D eigenvalue weighted by molar-refractivity contribution is -0.144. The summed E-state index contributed by atoms with van der Waals surface area (Å²) in [4.78, 5) is 21.1. The van der Waals surface area contributed by atoms with Crippen LogP contribution in [0.2, 0.25) is 0 Å². The van der Waals surface area contributed by atoms with Gasteiger partial charge < -0.3 is 9.84 Å². The molecular formula is C7H13NO4. The number of rotatable bonds is 4. The SMILES string of the molecule is COC(=O)C(C)NC(C)C(=O)O. The predicted octanol–water partition coefficient (Wildman–Crippen LogP) is -0.389. The molecule has 5 heteroatoms. The highest BCUT2D eigenvalue weighted by Gasteiger charge is 2.18. The van der Waals surface area contributed by atoms with E-state index < -0.39 is 24.0 Å². The molecule has 0 fully saturated rings. The van der Waals surface area contributed by atoms with E-state index >= 15 is 0 Å². The van der Waals surface area contributed by atoms with Crippen molar-refractivity contribution >= 4 is 11.9 Å². The van der Waals surface area contributed by atoms with Crippen LogP contribution in [0, 0.1) is 0 Å². The molecule has 0 aromatic heterocycles. The molecule has 0 saturated heterocycles. The van der Waals surface area contributed by atoms with Crippen molar-refractivity contribution in [1.29, 1.82) is 0 Å². The minimum atomic E-state index is -0.995. The van der Waals surface area contributed by atoms with Crippen LogP contribution in [-0.2, 0) is 14.3 Å². The van der Waals surface area contributed by atoms with Gasteiger partial charge in [0.15, 0.2) is 0 Å². The quantitative estimate of drug-likeness (QED) is 0.569. The number of hydrogen-bond acceptors (Lipinski definition) is 4. The fourth-order valence-electron chi connectivity index (χ4n) is 0.691. The maximum Gasteiger partial charge on any atom is 0.322 e. The summed E-state index contributed by atoms with van der Waals surface area (Å²) in [6, 6.07) is -1.35. The summed E-state index contributed by atoms with van der Waals surface area (Å²) in [7, 11) is 1.26. The molecule has 0 bridgehead atoms. The first kappa shape index (κ1) is 10.9. The summed E-state index contributed by atoms with van der Waals surface area (Å²) < 4.78 is 4.40. The minimum Gasteiger partial charge on any atom is -0.480 e. The van der Waals surface area contributed by atoms with Crippen LogP contribution in [-0.4, -0.2) is 36.2 Å². The molecule has 0 spiro atoms. The normalized spacial score (nSPS) is 14.9. The smallest absolute Gasteiger partial charge is 0.322 e. The molecule has 0 aromatic rings. The number of methoxy groups -OCH3 is 1. The summed E-state index contributed by atoms with van der Waals surface area (Å²) in [5.74, 6) is -1.46. The highest BCUT2D eigenvalue weighted by Crippen LogP contribution is 1.89. The highest BCUT2D eigenvalue weighted by molar-refractivity contribution is 5.77. The van der Waals surface area contributed by atoms with Crippen molar-refractivity contribution in [2.24, 2.45) is 0 Å². The van der Waals surface area contributed by atoms with E-state index in [9.17, 15) is 9.59 Å². The Kier molecular flexibility index (Phi) is 4.28. The second-order valence-corrected chi connectivity index (χ2v) is 2.47. The Morgan fingerprint density at radius 1 is 1.33 bits per heavy atom. The van der Waals surface area contributed by atoms with Crippen molar-refractivity contribution < 1.29 is 19.4 Å². The summed E-state index contributed by atoms with van der Waals surface area (Å²) in [5, 5.41) is 11.0. The molecular weight excluding hydrogens is 162 g/mol. The zero-order chi connectivity index (χ0) is 9.72. The molecule has 0 amide bonds. The largest absolute Gasteiger partial charge is 0.480 e. The van der Waals surface area contributed by atoms with Crippen molar-refractivity contribution in [3.63, 3.8) is 0 Å². The van der Waals surface area contributed by atoms with Gasteiger partial charge in [-0.3, -0.25) is 14.9 Å². The Labute approximate surface area is 70.7 Å². The van der Waals surface area contributed by atoms with Crippen LogP contribution in [0.3, 0.4) is 0 Å². The van der Waals surface area contributed by atoms with Gasteiger partial charge in [0.2, 0.25) is 0 Å². The Morgan fingerprint density at radius 3 is 2.17 bits per heavy atom. The predicted molar refractivity (Wildman–Crippen MR) is 41.7 cm³/mol. The lowest BCUT2D eigenvalue weighted by Crippen LogP contribution is -2.44. The van der Waals surface area contributed by atoms with E-state index in [1.54, 1.807) is 6.92 Å². The molecule has 0 aliphatic heterocycles. The fraction of sp³-hybridized carbons (Fsp3) is 0.714. The molecule has 0 saturated carbocycles. The molecule has 0 aromatic carbocycles. The van der Waals surface area contributed by atoms with Crippen LogP contribution in [0.15, 0.2) is 0 Å². The average molecular weight is 175 g/mol. The van der Waals surface area contributed by atoms with E-state index in [4.69, 9.17) is 5.11 Å². The van der Waals surface area contributed by atoms with Gasteiger partial charge in [-0.2, -0.15) is 0 Å². The van der Waals surface area contributed by atoms with Crippen molar-refractivity contribution in [2.45, 2.75) is 25.9 Å². The number of carbonyl (C=O) groups is 2. The van der Waals surface area contributed by atoms with Crippen LogP contribution in [0.5, 0.6) is 0 Å². The van der Waals surface area contributed by atoms with Crippen LogP contribution in [0.4, 0.5) is 0 Å². The lowest BCUT2D eigenvalue weighted by atomic mass is 10.2. The average Bonchev–Trinajstić information content (AvgIpc) is 2.02. The van der Waals surface area contributed by atoms with Crippen molar-refractivity contribution in [3.8, 4) is 0 Å². The Hall–Kier alpha value is -1.10. The number of carboxylic acid groups (broad SMARTS) is 1. The third kappa shape index (κ3) is 3.34. The van der Waals surface area contributed by atoms with Crippen LogP contribution in [0.1, 0.15) is 13.8 Å². The van der Waals surface area contributed by atoms with Crippen molar-refractivity contribution in [2.75, 3.05) is 7.11 Å². The number of carboxylic acids is 1. The van der Waals surface area contributed by atoms with Crippen molar-refractivity contribution in [1.82, 2.24) is 5.32 Å². The van der Waals surface area contributed by atoms with Gasteiger partial charge in [0.1, 0.15) is 12.1 Å². The zero-order valence-corrected chi connectivity index (χ0v) is 7.33. The molecule has 2 atom stereocenters. The number of carbonyl (C=O) groups excluding carboxylic acids is 1. The third-order valence-electron chi connectivity index (χ3n) is 1.43. The Balaban J connectivity index is 3.91. The van der Waals surface area contributed by atoms with Gasteiger partial charge in [0, 0.05) is 0 Å². The van der Waals surface area contributed by atoms with Gasteiger partial charge in [-0.1, -0.05) is 0 Å². The van der Waals surface area contributed by atoms with Crippen LogP contribution >= 0.6 is 0 Å². The maximum atomic E-state index is 10.8. The van der Waals surface area contributed by atoms with E-state index in [1.807, 2.05) is 0 Å². The van der Waals surface area contributed by atoms with Gasteiger partial charge >= 0.3 is 11.9 Å². The molecule has 0 aliphatic carbocycles. The second kappa shape index (κ2) is 4.71. The Morgan fingerprint density at radius 2 is 1.83 bits per heavy atom. The maximum absolute atomic E-state index is 10.8. The zero-order valence-electron chi connectivity index (χ0n) is 7.33. The highest BCUT2D eigenvalue weighted by atomic mass is 16.5. The number of aliphatic carboxylic acids is 1. The van der Waals surface area contributed by atoms with E-state index in [-0.39, 0.29) is 0 Å². The molecule has 0 aliphatic rings. The molecule has 5 nitrogen and oxygen atoms in total. The molecule has 0 radical (unpaired) electrons. The van der Waals surface area contributed by atoms with Gasteiger partial charge in [0.05, 0.1) is 7.11 Å². The van der Waals surface area contributed by atoms with Gasteiger partial charge in [-0.05, 0) is 13.8 Å².